The Labute approximate surface area is 140 Å². The first-order chi connectivity index (χ1) is 11.1. The maximum atomic E-state index is 13.0. The molecule has 0 bridgehead atoms. The van der Waals surface area contributed by atoms with Crippen LogP contribution in [0.15, 0.2) is 18.2 Å². The summed E-state index contributed by atoms with van der Waals surface area (Å²) in [5.41, 5.74) is 0.327. The molecule has 4 nitrogen and oxygen atoms in total. The lowest BCUT2D eigenvalue weighted by Crippen LogP contribution is -2.44. The van der Waals surface area contributed by atoms with Crippen LogP contribution in [-0.2, 0) is 4.74 Å². The van der Waals surface area contributed by atoms with Gasteiger partial charge in [-0.05, 0) is 56.5 Å². The van der Waals surface area contributed by atoms with Crippen molar-refractivity contribution in [2.24, 2.45) is 5.92 Å². The summed E-state index contributed by atoms with van der Waals surface area (Å²) in [6.07, 6.45) is 3.28. The van der Waals surface area contributed by atoms with E-state index in [9.17, 15) is 9.18 Å². The van der Waals surface area contributed by atoms with Crippen LogP contribution in [0.5, 0.6) is 0 Å². The van der Waals surface area contributed by atoms with Crippen molar-refractivity contribution in [3.8, 4) is 0 Å². The molecule has 0 saturated carbocycles. The Morgan fingerprint density at radius 1 is 1.35 bits per heavy atom. The number of nitrogens with zero attached hydrogens (tertiary/aromatic N) is 1. The standard InChI is InChI=1S/C17H22ClFN2O2/c18-16-9-13(19)1-2-15(16)17(22)20-10-12-3-6-21(7-4-12)14-5-8-23-11-14/h1-2,9,12,14H,3-8,10-11H2,(H,20,22). The van der Waals surface area contributed by atoms with Gasteiger partial charge in [-0.25, -0.2) is 4.39 Å². The lowest BCUT2D eigenvalue weighted by Gasteiger charge is -2.35. The predicted octanol–water partition coefficient (Wildman–Crippen LogP) is 2.71. The van der Waals surface area contributed by atoms with Crippen molar-refractivity contribution in [3.63, 3.8) is 0 Å². The van der Waals surface area contributed by atoms with E-state index in [0.29, 0.717) is 24.1 Å². The Morgan fingerprint density at radius 2 is 2.13 bits per heavy atom. The van der Waals surface area contributed by atoms with Crippen LogP contribution in [-0.4, -0.2) is 49.7 Å². The summed E-state index contributed by atoms with van der Waals surface area (Å²) in [6, 6.07) is 4.42. The third-order valence-electron chi connectivity index (χ3n) is 4.80. The van der Waals surface area contributed by atoms with Gasteiger partial charge in [-0.3, -0.25) is 9.69 Å². The Bertz CT molecular complexity index is 556. The van der Waals surface area contributed by atoms with Crippen LogP contribution in [0.25, 0.3) is 0 Å². The summed E-state index contributed by atoms with van der Waals surface area (Å²) in [5.74, 6) is -0.187. The van der Waals surface area contributed by atoms with E-state index in [0.717, 1.165) is 45.6 Å². The number of likely N-dealkylation sites (tertiary alicyclic amines) is 1. The highest BCUT2D eigenvalue weighted by Gasteiger charge is 2.27. The molecule has 2 fully saturated rings. The lowest BCUT2D eigenvalue weighted by molar-refractivity contribution is 0.0911. The second-order valence-corrected chi connectivity index (χ2v) is 6.74. The van der Waals surface area contributed by atoms with E-state index in [-0.39, 0.29) is 10.9 Å². The zero-order valence-electron chi connectivity index (χ0n) is 13.1. The zero-order valence-corrected chi connectivity index (χ0v) is 13.8. The van der Waals surface area contributed by atoms with Gasteiger partial charge in [0.25, 0.3) is 5.91 Å². The van der Waals surface area contributed by atoms with E-state index < -0.39 is 5.82 Å². The van der Waals surface area contributed by atoms with E-state index >= 15 is 0 Å². The van der Waals surface area contributed by atoms with Crippen molar-refractivity contribution in [2.75, 3.05) is 32.8 Å². The van der Waals surface area contributed by atoms with Crippen LogP contribution in [0.3, 0.4) is 0 Å². The van der Waals surface area contributed by atoms with Gasteiger partial charge in [0.15, 0.2) is 0 Å². The SMILES string of the molecule is O=C(NCC1CCN(C2CCOC2)CC1)c1ccc(F)cc1Cl. The number of benzene rings is 1. The minimum atomic E-state index is -0.435. The number of halogens is 2. The number of nitrogens with one attached hydrogen (secondary N) is 1. The summed E-state index contributed by atoms with van der Waals surface area (Å²) < 4.78 is 18.5. The Morgan fingerprint density at radius 3 is 2.78 bits per heavy atom. The molecule has 2 saturated heterocycles. The third kappa shape index (κ3) is 4.22. The molecule has 3 rings (SSSR count). The molecule has 1 unspecified atom stereocenters. The summed E-state index contributed by atoms with van der Waals surface area (Å²) in [7, 11) is 0. The molecule has 1 atom stereocenters. The monoisotopic (exact) mass is 340 g/mol. The highest BCUT2D eigenvalue weighted by molar-refractivity contribution is 6.33. The van der Waals surface area contributed by atoms with Crippen molar-refractivity contribution in [1.82, 2.24) is 10.2 Å². The van der Waals surface area contributed by atoms with Gasteiger partial charge in [0.05, 0.1) is 17.2 Å². The van der Waals surface area contributed by atoms with Gasteiger partial charge in [0, 0.05) is 19.2 Å². The molecule has 2 aliphatic heterocycles. The zero-order chi connectivity index (χ0) is 16.2. The van der Waals surface area contributed by atoms with Gasteiger partial charge < -0.3 is 10.1 Å². The molecule has 23 heavy (non-hydrogen) atoms. The van der Waals surface area contributed by atoms with Crippen LogP contribution in [0.4, 0.5) is 4.39 Å². The molecule has 1 aromatic rings. The summed E-state index contributed by atoms with van der Waals surface area (Å²) in [5, 5.41) is 3.08. The maximum absolute atomic E-state index is 13.0. The molecule has 0 aromatic heterocycles. The molecule has 1 amide bonds. The number of piperidine rings is 1. The van der Waals surface area contributed by atoms with E-state index in [1.807, 2.05) is 0 Å². The summed E-state index contributed by atoms with van der Waals surface area (Å²) in [6.45, 7) is 4.49. The van der Waals surface area contributed by atoms with Crippen LogP contribution < -0.4 is 5.32 Å². The fourth-order valence-electron chi connectivity index (χ4n) is 3.34. The lowest BCUT2D eigenvalue weighted by atomic mass is 9.95. The number of rotatable bonds is 4. The van der Waals surface area contributed by atoms with Crippen LogP contribution in [0, 0.1) is 11.7 Å². The molecule has 0 aliphatic carbocycles. The fraction of sp³-hybridized carbons (Fsp3) is 0.588. The van der Waals surface area contributed by atoms with Crippen molar-refractivity contribution < 1.29 is 13.9 Å². The fourth-order valence-corrected chi connectivity index (χ4v) is 3.59. The first-order valence-electron chi connectivity index (χ1n) is 8.18. The van der Waals surface area contributed by atoms with E-state index in [1.54, 1.807) is 0 Å². The van der Waals surface area contributed by atoms with E-state index in [2.05, 4.69) is 10.2 Å². The summed E-state index contributed by atoms with van der Waals surface area (Å²) >= 11 is 5.92. The number of carbonyl (C=O) groups is 1. The normalized spacial score (nSPS) is 23.1. The van der Waals surface area contributed by atoms with Crippen molar-refractivity contribution >= 4 is 17.5 Å². The van der Waals surface area contributed by atoms with Gasteiger partial charge >= 0.3 is 0 Å². The van der Waals surface area contributed by atoms with Gasteiger partial charge in [0.1, 0.15) is 5.82 Å². The largest absolute Gasteiger partial charge is 0.380 e. The molecule has 1 N–H and O–H groups in total. The second kappa shape index (κ2) is 7.60. The molecule has 2 aliphatic rings. The predicted molar refractivity (Wildman–Crippen MR) is 87.3 cm³/mol. The Hall–Kier alpha value is -1.17. The van der Waals surface area contributed by atoms with Crippen molar-refractivity contribution in [3.05, 3.63) is 34.6 Å². The highest BCUT2D eigenvalue weighted by Crippen LogP contribution is 2.22. The smallest absolute Gasteiger partial charge is 0.252 e. The molecule has 6 heteroatoms. The number of amides is 1. The Balaban J connectivity index is 1.45. The number of hydrogen-bond donors (Lipinski definition) is 1. The van der Waals surface area contributed by atoms with Crippen molar-refractivity contribution in [2.45, 2.75) is 25.3 Å². The van der Waals surface area contributed by atoms with E-state index in [1.165, 1.54) is 18.2 Å². The quantitative estimate of drug-likeness (QED) is 0.916. The number of carbonyl (C=O) groups excluding carboxylic acids is 1. The number of ether oxygens (including phenoxy) is 1. The third-order valence-corrected chi connectivity index (χ3v) is 5.11. The molecule has 2 heterocycles. The second-order valence-electron chi connectivity index (χ2n) is 6.33. The van der Waals surface area contributed by atoms with Gasteiger partial charge in [-0.1, -0.05) is 11.6 Å². The first-order valence-corrected chi connectivity index (χ1v) is 8.56. The average Bonchev–Trinajstić information content (AvgIpc) is 3.07. The molecular formula is C17H22ClFN2O2. The summed E-state index contributed by atoms with van der Waals surface area (Å²) in [4.78, 5) is 14.7. The minimum Gasteiger partial charge on any atom is -0.380 e. The molecule has 1 aromatic carbocycles. The van der Waals surface area contributed by atoms with Gasteiger partial charge in [-0.15, -0.1) is 0 Å². The average molecular weight is 341 g/mol. The van der Waals surface area contributed by atoms with Crippen LogP contribution >= 0.6 is 11.6 Å². The van der Waals surface area contributed by atoms with Crippen molar-refractivity contribution in [1.29, 1.82) is 0 Å². The number of hydrogen-bond acceptors (Lipinski definition) is 3. The molecule has 0 spiro atoms. The molecular weight excluding hydrogens is 319 g/mol. The van der Waals surface area contributed by atoms with Crippen LogP contribution in [0.2, 0.25) is 5.02 Å². The highest BCUT2D eigenvalue weighted by atomic mass is 35.5. The maximum Gasteiger partial charge on any atom is 0.252 e. The minimum absolute atomic E-state index is 0.151. The first kappa shape index (κ1) is 16.7. The molecule has 126 valence electrons. The molecule has 0 radical (unpaired) electrons. The van der Waals surface area contributed by atoms with Gasteiger partial charge in [0.2, 0.25) is 0 Å². The topological polar surface area (TPSA) is 41.6 Å². The Kier molecular flexibility index (Phi) is 5.51. The van der Waals surface area contributed by atoms with E-state index in [4.69, 9.17) is 16.3 Å². The van der Waals surface area contributed by atoms with Gasteiger partial charge in [-0.2, -0.15) is 0 Å². The van der Waals surface area contributed by atoms with Crippen LogP contribution in [0.1, 0.15) is 29.6 Å².